The van der Waals surface area contributed by atoms with Crippen LogP contribution in [0, 0.1) is 23.2 Å². The van der Waals surface area contributed by atoms with E-state index in [9.17, 15) is 4.79 Å². The average molecular weight is 454 g/mol. The fourth-order valence-electron chi connectivity index (χ4n) is 7.67. The summed E-state index contributed by atoms with van der Waals surface area (Å²) in [6.07, 6.45) is 15.1. The van der Waals surface area contributed by atoms with Gasteiger partial charge in [0.2, 0.25) is 0 Å². The highest BCUT2D eigenvalue weighted by molar-refractivity contribution is 5.93. The lowest BCUT2D eigenvalue weighted by molar-refractivity contribution is -0.0503. The van der Waals surface area contributed by atoms with Gasteiger partial charge < -0.3 is 15.5 Å². The highest BCUT2D eigenvalue weighted by Gasteiger charge is 2.50. The number of pyridine rings is 1. The minimum atomic E-state index is -1.83. The number of fused-ring (bicyclic) bond motifs is 1. The van der Waals surface area contributed by atoms with Gasteiger partial charge in [-0.25, -0.2) is 9.78 Å². The predicted octanol–water partition coefficient (Wildman–Crippen LogP) is 5.55. The highest BCUT2D eigenvalue weighted by Crippen LogP contribution is 2.59. The maximum atomic E-state index is 13.2. The number of rotatable bonds is 4. The fourth-order valence-corrected chi connectivity index (χ4v) is 7.67. The molecule has 0 aliphatic heterocycles. The number of carbonyl (C=O) groups is 2. The van der Waals surface area contributed by atoms with Crippen LogP contribution in [0.3, 0.4) is 0 Å². The molecule has 5 aliphatic carbocycles. The first-order valence-electron chi connectivity index (χ1n) is 12.6. The summed E-state index contributed by atoms with van der Waals surface area (Å²) >= 11 is 0. The molecular formula is C26H35N3O4. The van der Waals surface area contributed by atoms with E-state index < -0.39 is 6.16 Å². The Morgan fingerprint density at radius 3 is 2.21 bits per heavy atom. The van der Waals surface area contributed by atoms with Crippen LogP contribution in [0.15, 0.2) is 24.4 Å². The zero-order chi connectivity index (χ0) is 23.0. The molecule has 2 heterocycles. The zero-order valence-electron chi connectivity index (χ0n) is 19.2. The summed E-state index contributed by atoms with van der Waals surface area (Å²) in [6.45, 7) is 0.857. The monoisotopic (exact) mass is 453 g/mol. The van der Waals surface area contributed by atoms with Gasteiger partial charge in [0.05, 0.1) is 5.69 Å². The van der Waals surface area contributed by atoms with Gasteiger partial charge in [0.25, 0.3) is 5.91 Å². The quantitative estimate of drug-likeness (QED) is 0.563. The molecule has 0 saturated heterocycles. The van der Waals surface area contributed by atoms with E-state index in [1.165, 1.54) is 76.3 Å². The average Bonchev–Trinajstić information content (AvgIpc) is 3.21. The van der Waals surface area contributed by atoms with E-state index >= 15 is 0 Å². The molecule has 3 N–H and O–H groups in total. The third-order valence-corrected chi connectivity index (χ3v) is 8.56. The van der Waals surface area contributed by atoms with Gasteiger partial charge in [-0.1, -0.05) is 25.3 Å². The minimum Gasteiger partial charge on any atom is -0.450 e. The largest absolute Gasteiger partial charge is 0.503 e. The van der Waals surface area contributed by atoms with Crippen molar-refractivity contribution in [3.8, 4) is 0 Å². The van der Waals surface area contributed by atoms with E-state index in [-0.39, 0.29) is 5.91 Å². The summed E-state index contributed by atoms with van der Waals surface area (Å²) in [4.78, 5) is 26.6. The molecule has 0 spiro atoms. The van der Waals surface area contributed by atoms with Gasteiger partial charge in [0, 0.05) is 18.7 Å². The van der Waals surface area contributed by atoms with Crippen LogP contribution in [-0.2, 0) is 0 Å². The molecule has 7 heteroatoms. The summed E-state index contributed by atoms with van der Waals surface area (Å²) in [5.41, 5.74) is 3.20. The van der Waals surface area contributed by atoms with Gasteiger partial charge in [0.1, 0.15) is 11.3 Å². The van der Waals surface area contributed by atoms with Crippen molar-refractivity contribution in [2.45, 2.75) is 76.5 Å². The van der Waals surface area contributed by atoms with Gasteiger partial charge in [-0.2, -0.15) is 0 Å². The first kappa shape index (κ1) is 22.2. The Labute approximate surface area is 194 Å². The number of carbonyl (C=O) groups excluding carboxylic acids is 1. The summed E-state index contributed by atoms with van der Waals surface area (Å²) < 4.78 is 2.03. The van der Waals surface area contributed by atoms with Gasteiger partial charge >= 0.3 is 6.16 Å². The molecule has 2 aromatic heterocycles. The maximum Gasteiger partial charge on any atom is 0.503 e. The molecule has 5 fully saturated rings. The lowest BCUT2D eigenvalue weighted by Crippen LogP contribution is -2.51. The van der Waals surface area contributed by atoms with E-state index in [2.05, 4.69) is 11.5 Å². The SMILES string of the molecule is O=C(NCC12CC3CC(CC(C3)C1)C2)c1cccc2nc(C3CCCCC3)cn12.O=C(O)O. The zero-order valence-corrected chi connectivity index (χ0v) is 19.2. The summed E-state index contributed by atoms with van der Waals surface area (Å²) in [5, 5.41) is 17.3. The maximum absolute atomic E-state index is 13.2. The third kappa shape index (κ3) is 4.73. The predicted molar refractivity (Wildman–Crippen MR) is 125 cm³/mol. The second kappa shape index (κ2) is 8.99. The number of nitrogens with one attached hydrogen (secondary N) is 1. The molecule has 0 aromatic carbocycles. The number of aromatic nitrogens is 2. The Hall–Kier alpha value is -2.57. The van der Waals surface area contributed by atoms with E-state index in [0.29, 0.717) is 11.3 Å². The molecule has 0 atom stereocenters. The second-order valence-electron chi connectivity index (χ2n) is 11.0. The van der Waals surface area contributed by atoms with Crippen molar-refractivity contribution >= 4 is 17.7 Å². The van der Waals surface area contributed by atoms with Gasteiger partial charge in [0.15, 0.2) is 0 Å². The molecule has 0 radical (unpaired) electrons. The Bertz CT molecular complexity index is 984. The van der Waals surface area contributed by atoms with Crippen molar-refractivity contribution < 1.29 is 19.8 Å². The van der Waals surface area contributed by atoms with Crippen molar-refractivity contribution in [3.63, 3.8) is 0 Å². The minimum absolute atomic E-state index is 0.0685. The summed E-state index contributed by atoms with van der Waals surface area (Å²) in [7, 11) is 0. The van der Waals surface area contributed by atoms with E-state index in [0.717, 1.165) is 35.6 Å². The smallest absolute Gasteiger partial charge is 0.450 e. The molecule has 1 amide bonds. The van der Waals surface area contributed by atoms with E-state index in [4.69, 9.17) is 20.0 Å². The molecule has 33 heavy (non-hydrogen) atoms. The molecular weight excluding hydrogens is 418 g/mol. The molecule has 7 rings (SSSR count). The number of nitrogens with zero attached hydrogens (tertiary/aromatic N) is 2. The number of carboxylic acid groups (broad SMARTS) is 2. The number of hydrogen-bond acceptors (Lipinski definition) is 3. The lowest BCUT2D eigenvalue weighted by Gasteiger charge is -2.56. The Kier molecular flexibility index (Phi) is 6.06. The normalized spacial score (nSPS) is 30.6. The molecule has 0 unspecified atom stereocenters. The second-order valence-corrected chi connectivity index (χ2v) is 11.0. The lowest BCUT2D eigenvalue weighted by atomic mass is 9.49. The van der Waals surface area contributed by atoms with Crippen LogP contribution in [0.2, 0.25) is 0 Å². The standard InChI is InChI=1S/C25H33N3O.CH2O3/c29-24(26-16-25-12-17-9-18(13-25)11-19(10-17)14-25)22-7-4-8-23-27-21(15-28(22)23)20-5-2-1-3-6-20;2-1(3)4/h4,7-8,15,17-20H,1-3,5-6,9-14,16H2,(H,26,29);(H2,2,3,4). The molecule has 7 nitrogen and oxygen atoms in total. The highest BCUT2D eigenvalue weighted by atomic mass is 16.6. The van der Waals surface area contributed by atoms with Crippen LogP contribution >= 0.6 is 0 Å². The van der Waals surface area contributed by atoms with Crippen LogP contribution < -0.4 is 5.32 Å². The van der Waals surface area contributed by atoms with Crippen molar-refractivity contribution in [2.24, 2.45) is 23.2 Å². The van der Waals surface area contributed by atoms with Crippen molar-refractivity contribution in [2.75, 3.05) is 6.54 Å². The Balaban J connectivity index is 0.000000531. The molecule has 4 bridgehead atoms. The molecule has 178 valence electrons. The van der Waals surface area contributed by atoms with Crippen molar-refractivity contribution in [1.29, 1.82) is 0 Å². The summed E-state index contributed by atoms with van der Waals surface area (Å²) in [6, 6.07) is 5.96. The van der Waals surface area contributed by atoms with Gasteiger partial charge in [-0.05, 0) is 86.7 Å². The van der Waals surface area contributed by atoms with Crippen molar-refractivity contribution in [1.82, 2.24) is 14.7 Å². The van der Waals surface area contributed by atoms with Gasteiger partial charge in [-0.3, -0.25) is 9.20 Å². The van der Waals surface area contributed by atoms with E-state index in [1.807, 2.05) is 22.6 Å². The number of amides is 1. The Morgan fingerprint density at radius 2 is 1.61 bits per heavy atom. The molecule has 5 saturated carbocycles. The van der Waals surface area contributed by atoms with Crippen LogP contribution in [0.25, 0.3) is 5.65 Å². The first-order chi connectivity index (χ1) is 15.9. The molecule has 2 aromatic rings. The fraction of sp³-hybridized carbons (Fsp3) is 0.654. The van der Waals surface area contributed by atoms with Crippen LogP contribution in [0.5, 0.6) is 0 Å². The van der Waals surface area contributed by atoms with Crippen LogP contribution in [0.4, 0.5) is 4.79 Å². The molecule has 5 aliphatic rings. The van der Waals surface area contributed by atoms with Crippen LogP contribution in [0.1, 0.15) is 92.7 Å². The Morgan fingerprint density at radius 1 is 1.00 bits per heavy atom. The van der Waals surface area contributed by atoms with E-state index in [1.54, 1.807) is 0 Å². The van der Waals surface area contributed by atoms with Gasteiger partial charge in [-0.15, -0.1) is 0 Å². The van der Waals surface area contributed by atoms with Crippen LogP contribution in [-0.4, -0.2) is 38.2 Å². The summed E-state index contributed by atoms with van der Waals surface area (Å²) in [5.74, 6) is 3.40. The first-order valence-corrected chi connectivity index (χ1v) is 12.6. The topological polar surface area (TPSA) is 104 Å². The number of hydrogen-bond donors (Lipinski definition) is 3. The number of imidazole rings is 1. The van der Waals surface area contributed by atoms with Crippen molar-refractivity contribution in [3.05, 3.63) is 35.8 Å². The third-order valence-electron chi connectivity index (χ3n) is 8.56.